The molecule has 0 unspecified atom stereocenters. The summed E-state index contributed by atoms with van der Waals surface area (Å²) in [5.41, 5.74) is 2.53. The highest BCUT2D eigenvalue weighted by molar-refractivity contribution is 7.80. The lowest BCUT2D eigenvalue weighted by Crippen LogP contribution is -2.27. The highest BCUT2D eigenvalue weighted by Gasteiger charge is 2.19. The minimum absolute atomic E-state index is 0.107. The maximum atomic E-state index is 12.4. The van der Waals surface area contributed by atoms with E-state index < -0.39 is 0 Å². The number of amides is 1. The van der Waals surface area contributed by atoms with Crippen molar-refractivity contribution in [2.24, 2.45) is 0 Å². The molecule has 0 aliphatic carbocycles. The summed E-state index contributed by atoms with van der Waals surface area (Å²) in [6.45, 7) is 1.72. The Morgan fingerprint density at radius 1 is 0.852 bits per heavy atom. The molecule has 3 aromatic carbocycles. The first-order valence-electron chi connectivity index (χ1n) is 9.16. The molecule has 0 spiro atoms. The molecule has 1 heterocycles. The van der Waals surface area contributed by atoms with Gasteiger partial charge in [0, 0.05) is 35.4 Å². The molecular weight excluding hydrogens is 354 g/mol. The van der Waals surface area contributed by atoms with Crippen LogP contribution in [0, 0.1) is 0 Å². The summed E-state index contributed by atoms with van der Waals surface area (Å²) in [6, 6.07) is 21.8. The van der Waals surface area contributed by atoms with Gasteiger partial charge in [0.25, 0.3) is 5.91 Å². The van der Waals surface area contributed by atoms with Crippen LogP contribution >= 0.6 is 12.2 Å². The predicted molar refractivity (Wildman–Crippen MR) is 115 cm³/mol. The van der Waals surface area contributed by atoms with Gasteiger partial charge in [0.05, 0.1) is 0 Å². The van der Waals surface area contributed by atoms with Crippen LogP contribution in [-0.2, 0) is 0 Å². The SMILES string of the molecule is O=C(c1ccc(NC(=S)Nc2cccc3ccccc23)cc1)N1CCCC1. The summed E-state index contributed by atoms with van der Waals surface area (Å²) < 4.78 is 0. The Kier molecular flexibility index (Phi) is 5.03. The lowest BCUT2D eigenvalue weighted by atomic mass is 10.1. The monoisotopic (exact) mass is 375 g/mol. The molecule has 27 heavy (non-hydrogen) atoms. The van der Waals surface area contributed by atoms with E-state index in [1.807, 2.05) is 53.4 Å². The van der Waals surface area contributed by atoms with Crippen LogP contribution in [0.4, 0.5) is 11.4 Å². The number of likely N-dealkylation sites (tertiary alicyclic amines) is 1. The molecule has 1 fully saturated rings. The number of hydrogen-bond acceptors (Lipinski definition) is 2. The molecule has 0 bridgehead atoms. The van der Waals surface area contributed by atoms with E-state index in [0.29, 0.717) is 5.11 Å². The number of carbonyl (C=O) groups excluding carboxylic acids is 1. The average Bonchev–Trinajstić information content (AvgIpc) is 3.23. The fourth-order valence-corrected chi connectivity index (χ4v) is 3.65. The molecule has 4 nitrogen and oxygen atoms in total. The van der Waals surface area contributed by atoms with Crippen molar-refractivity contribution in [3.05, 3.63) is 72.3 Å². The zero-order valence-corrected chi connectivity index (χ0v) is 15.8. The van der Waals surface area contributed by atoms with Crippen LogP contribution in [0.15, 0.2) is 66.7 Å². The summed E-state index contributed by atoms with van der Waals surface area (Å²) in [5.74, 6) is 0.107. The number of rotatable bonds is 3. The minimum Gasteiger partial charge on any atom is -0.339 e. The van der Waals surface area contributed by atoms with Gasteiger partial charge in [-0.05, 0) is 60.8 Å². The minimum atomic E-state index is 0.107. The van der Waals surface area contributed by atoms with E-state index in [0.717, 1.165) is 53.6 Å². The lowest BCUT2D eigenvalue weighted by molar-refractivity contribution is 0.0793. The van der Waals surface area contributed by atoms with Crippen molar-refractivity contribution in [2.75, 3.05) is 23.7 Å². The second-order valence-corrected chi connectivity index (χ2v) is 7.09. The van der Waals surface area contributed by atoms with Crippen LogP contribution in [0.25, 0.3) is 10.8 Å². The first kappa shape index (κ1) is 17.5. The lowest BCUT2D eigenvalue weighted by Gasteiger charge is -2.16. The van der Waals surface area contributed by atoms with Gasteiger partial charge in [-0.15, -0.1) is 0 Å². The van der Waals surface area contributed by atoms with E-state index in [-0.39, 0.29) is 5.91 Å². The summed E-state index contributed by atoms with van der Waals surface area (Å²) in [4.78, 5) is 14.3. The smallest absolute Gasteiger partial charge is 0.253 e. The second kappa shape index (κ2) is 7.76. The van der Waals surface area contributed by atoms with Crippen molar-refractivity contribution >= 4 is 45.4 Å². The molecule has 0 saturated carbocycles. The fraction of sp³-hybridized carbons (Fsp3) is 0.182. The maximum Gasteiger partial charge on any atom is 0.253 e. The Balaban J connectivity index is 1.42. The van der Waals surface area contributed by atoms with Gasteiger partial charge < -0.3 is 15.5 Å². The van der Waals surface area contributed by atoms with Gasteiger partial charge in [-0.2, -0.15) is 0 Å². The van der Waals surface area contributed by atoms with E-state index in [9.17, 15) is 4.79 Å². The number of fused-ring (bicyclic) bond motifs is 1. The molecule has 1 saturated heterocycles. The molecule has 1 aliphatic rings. The van der Waals surface area contributed by atoms with Crippen LogP contribution in [0.2, 0.25) is 0 Å². The number of carbonyl (C=O) groups is 1. The van der Waals surface area contributed by atoms with Crippen molar-refractivity contribution in [3.8, 4) is 0 Å². The normalized spacial score (nSPS) is 13.6. The van der Waals surface area contributed by atoms with E-state index in [4.69, 9.17) is 12.2 Å². The Morgan fingerprint density at radius 2 is 1.56 bits per heavy atom. The predicted octanol–water partition coefficient (Wildman–Crippen LogP) is 4.88. The zero-order chi connectivity index (χ0) is 18.6. The van der Waals surface area contributed by atoms with E-state index in [1.54, 1.807) is 0 Å². The van der Waals surface area contributed by atoms with Crippen LogP contribution in [-0.4, -0.2) is 29.0 Å². The third kappa shape index (κ3) is 3.93. The van der Waals surface area contributed by atoms with Crippen LogP contribution in [0.3, 0.4) is 0 Å². The Morgan fingerprint density at radius 3 is 2.33 bits per heavy atom. The number of thiocarbonyl (C=S) groups is 1. The number of nitrogens with zero attached hydrogens (tertiary/aromatic N) is 1. The average molecular weight is 375 g/mol. The molecule has 1 aliphatic heterocycles. The molecule has 3 aromatic rings. The van der Waals surface area contributed by atoms with E-state index in [1.165, 1.54) is 0 Å². The summed E-state index contributed by atoms with van der Waals surface area (Å²) >= 11 is 5.46. The van der Waals surface area contributed by atoms with Crippen molar-refractivity contribution in [3.63, 3.8) is 0 Å². The molecule has 2 N–H and O–H groups in total. The Bertz CT molecular complexity index is 973. The number of nitrogens with one attached hydrogen (secondary N) is 2. The van der Waals surface area contributed by atoms with E-state index in [2.05, 4.69) is 28.8 Å². The summed E-state index contributed by atoms with van der Waals surface area (Å²) in [7, 11) is 0. The Labute approximate surface area is 164 Å². The van der Waals surface area contributed by atoms with Gasteiger partial charge in [-0.1, -0.05) is 36.4 Å². The van der Waals surface area contributed by atoms with Crippen LogP contribution < -0.4 is 10.6 Å². The van der Waals surface area contributed by atoms with Gasteiger partial charge >= 0.3 is 0 Å². The first-order valence-corrected chi connectivity index (χ1v) is 9.57. The van der Waals surface area contributed by atoms with E-state index >= 15 is 0 Å². The zero-order valence-electron chi connectivity index (χ0n) is 14.9. The molecule has 136 valence electrons. The summed E-state index contributed by atoms with van der Waals surface area (Å²) in [5, 5.41) is 9.25. The molecule has 1 amide bonds. The number of benzene rings is 3. The Hall–Kier alpha value is -2.92. The standard InChI is InChI=1S/C22H21N3OS/c26-21(25-14-3-4-15-25)17-10-12-18(13-11-17)23-22(27)24-20-9-5-7-16-6-1-2-8-19(16)20/h1-2,5-13H,3-4,14-15H2,(H2,23,24,27). The third-order valence-electron chi connectivity index (χ3n) is 4.82. The van der Waals surface area contributed by atoms with Crippen LogP contribution in [0.1, 0.15) is 23.2 Å². The maximum absolute atomic E-state index is 12.4. The first-order chi connectivity index (χ1) is 13.2. The largest absolute Gasteiger partial charge is 0.339 e. The van der Waals surface area contributed by atoms with Crippen molar-refractivity contribution < 1.29 is 4.79 Å². The molecule has 0 aromatic heterocycles. The fourth-order valence-electron chi connectivity index (χ4n) is 3.42. The summed E-state index contributed by atoms with van der Waals surface area (Å²) in [6.07, 6.45) is 2.19. The van der Waals surface area contributed by atoms with Gasteiger partial charge in [-0.25, -0.2) is 0 Å². The van der Waals surface area contributed by atoms with Gasteiger partial charge in [0.2, 0.25) is 0 Å². The van der Waals surface area contributed by atoms with Gasteiger partial charge in [0.15, 0.2) is 5.11 Å². The molecular formula is C22H21N3OS. The van der Waals surface area contributed by atoms with Crippen molar-refractivity contribution in [1.82, 2.24) is 4.90 Å². The molecule has 0 atom stereocenters. The van der Waals surface area contributed by atoms with Gasteiger partial charge in [0.1, 0.15) is 0 Å². The van der Waals surface area contributed by atoms with Gasteiger partial charge in [-0.3, -0.25) is 4.79 Å². The molecule has 5 heteroatoms. The van der Waals surface area contributed by atoms with Crippen LogP contribution in [0.5, 0.6) is 0 Å². The molecule has 4 rings (SSSR count). The topological polar surface area (TPSA) is 44.4 Å². The highest BCUT2D eigenvalue weighted by atomic mass is 32.1. The number of anilines is 2. The molecule has 0 radical (unpaired) electrons. The number of hydrogen-bond donors (Lipinski definition) is 2. The van der Waals surface area contributed by atoms with Crippen molar-refractivity contribution in [2.45, 2.75) is 12.8 Å². The quantitative estimate of drug-likeness (QED) is 0.640. The third-order valence-corrected chi connectivity index (χ3v) is 5.02. The van der Waals surface area contributed by atoms with Crippen molar-refractivity contribution in [1.29, 1.82) is 0 Å². The second-order valence-electron chi connectivity index (χ2n) is 6.68. The highest BCUT2D eigenvalue weighted by Crippen LogP contribution is 2.23.